The molecule has 66 valence electrons. The number of amides is 1. The van der Waals surface area contributed by atoms with Crippen LogP contribution in [0.3, 0.4) is 0 Å². The van der Waals surface area contributed by atoms with Crippen molar-refractivity contribution < 1.29 is 4.79 Å². The number of anilines is 1. The molecule has 0 heterocycles. The van der Waals surface area contributed by atoms with Gasteiger partial charge in [0, 0.05) is 5.02 Å². The van der Waals surface area contributed by atoms with Crippen molar-refractivity contribution in [2.75, 3.05) is 5.32 Å². The Morgan fingerprint density at radius 2 is 2.15 bits per heavy atom. The van der Waals surface area contributed by atoms with Crippen LogP contribution in [0.15, 0.2) is 18.2 Å². The molecule has 1 aromatic rings. The van der Waals surface area contributed by atoms with Crippen LogP contribution in [0.25, 0.3) is 0 Å². The fraction of sp³-hybridized carbons (Fsp3) is 0. The summed E-state index contributed by atoms with van der Waals surface area (Å²) in [5, 5.41) is 3.29. The van der Waals surface area contributed by atoms with Crippen LogP contribution in [0.5, 0.6) is 0 Å². The molecule has 4 heteroatoms. The fourth-order valence-electron chi connectivity index (χ4n) is 0.752. The lowest BCUT2D eigenvalue weighted by atomic mass is 10.3. The molecular formula is C9H5Cl2NO. The molecule has 1 aromatic carbocycles. The number of carbonyl (C=O) groups is 1. The Kier molecular flexibility index (Phi) is 3.18. The number of benzene rings is 1. The van der Waals surface area contributed by atoms with Crippen LogP contribution in [-0.4, -0.2) is 5.91 Å². The van der Waals surface area contributed by atoms with Gasteiger partial charge in [-0.2, -0.15) is 0 Å². The summed E-state index contributed by atoms with van der Waals surface area (Å²) in [4.78, 5) is 10.8. The van der Waals surface area contributed by atoms with Crippen LogP contribution in [-0.2, 0) is 4.79 Å². The van der Waals surface area contributed by atoms with Gasteiger partial charge in [0.15, 0.2) is 0 Å². The van der Waals surface area contributed by atoms with Crippen LogP contribution in [0.1, 0.15) is 0 Å². The first-order chi connectivity index (χ1) is 6.13. The van der Waals surface area contributed by atoms with Crippen molar-refractivity contribution in [2.45, 2.75) is 0 Å². The van der Waals surface area contributed by atoms with E-state index in [1.54, 1.807) is 12.1 Å². The Labute approximate surface area is 85.8 Å². The van der Waals surface area contributed by atoms with E-state index in [0.717, 1.165) is 0 Å². The van der Waals surface area contributed by atoms with Crippen LogP contribution < -0.4 is 5.32 Å². The summed E-state index contributed by atoms with van der Waals surface area (Å²) >= 11 is 11.4. The Morgan fingerprint density at radius 1 is 1.46 bits per heavy atom. The van der Waals surface area contributed by atoms with E-state index in [9.17, 15) is 4.79 Å². The standard InChI is InChI=1S/C9H5Cl2NO/c1-2-9(13)12-8-5-6(10)3-4-7(8)11/h1,3-5H,(H,12,13). The molecule has 0 fully saturated rings. The van der Waals surface area contributed by atoms with E-state index in [0.29, 0.717) is 15.7 Å². The first-order valence-electron chi connectivity index (χ1n) is 3.36. The number of hydrogen-bond donors (Lipinski definition) is 1. The molecule has 0 aromatic heterocycles. The third-order valence-corrected chi connectivity index (χ3v) is 1.87. The van der Waals surface area contributed by atoms with Crippen molar-refractivity contribution in [1.29, 1.82) is 0 Å². The monoisotopic (exact) mass is 213 g/mol. The van der Waals surface area contributed by atoms with Crippen LogP contribution in [0.4, 0.5) is 5.69 Å². The molecule has 0 aliphatic carbocycles. The lowest BCUT2D eigenvalue weighted by Crippen LogP contribution is -2.08. The van der Waals surface area contributed by atoms with E-state index in [4.69, 9.17) is 29.6 Å². The topological polar surface area (TPSA) is 29.1 Å². The summed E-state index contributed by atoms with van der Waals surface area (Å²) in [5.41, 5.74) is 0.414. The van der Waals surface area contributed by atoms with Crippen molar-refractivity contribution in [3.63, 3.8) is 0 Å². The second-order valence-electron chi connectivity index (χ2n) is 2.22. The number of hydrogen-bond acceptors (Lipinski definition) is 1. The fourth-order valence-corrected chi connectivity index (χ4v) is 1.09. The minimum Gasteiger partial charge on any atom is -0.314 e. The molecule has 2 nitrogen and oxygen atoms in total. The highest BCUT2D eigenvalue weighted by atomic mass is 35.5. The van der Waals surface area contributed by atoms with Crippen molar-refractivity contribution >= 4 is 34.8 Å². The zero-order chi connectivity index (χ0) is 9.84. The summed E-state index contributed by atoms with van der Waals surface area (Å²) < 4.78 is 0. The van der Waals surface area contributed by atoms with Crippen LogP contribution >= 0.6 is 23.2 Å². The molecule has 0 atom stereocenters. The summed E-state index contributed by atoms with van der Waals surface area (Å²) in [6.45, 7) is 0. The van der Waals surface area contributed by atoms with Crippen molar-refractivity contribution in [3.8, 4) is 12.3 Å². The summed E-state index contributed by atoms with van der Waals surface area (Å²) in [7, 11) is 0. The molecule has 0 radical (unpaired) electrons. The van der Waals surface area contributed by atoms with E-state index in [1.165, 1.54) is 6.07 Å². The number of nitrogens with one attached hydrogen (secondary N) is 1. The first kappa shape index (κ1) is 9.91. The van der Waals surface area contributed by atoms with Gasteiger partial charge in [0.1, 0.15) is 0 Å². The predicted molar refractivity (Wildman–Crippen MR) is 53.9 cm³/mol. The largest absolute Gasteiger partial charge is 0.314 e. The van der Waals surface area contributed by atoms with Gasteiger partial charge in [-0.3, -0.25) is 4.79 Å². The van der Waals surface area contributed by atoms with Gasteiger partial charge in [0.25, 0.3) is 5.91 Å². The van der Waals surface area contributed by atoms with Crippen molar-refractivity contribution in [3.05, 3.63) is 28.2 Å². The van der Waals surface area contributed by atoms with Gasteiger partial charge in [-0.05, 0) is 24.1 Å². The summed E-state index contributed by atoms with van der Waals surface area (Å²) in [5.74, 6) is 1.36. The lowest BCUT2D eigenvalue weighted by Gasteiger charge is -2.03. The number of carbonyl (C=O) groups excluding carboxylic acids is 1. The Morgan fingerprint density at radius 3 is 2.77 bits per heavy atom. The second-order valence-corrected chi connectivity index (χ2v) is 3.07. The average molecular weight is 214 g/mol. The molecule has 0 spiro atoms. The van der Waals surface area contributed by atoms with Crippen LogP contribution in [0.2, 0.25) is 10.0 Å². The smallest absolute Gasteiger partial charge is 0.300 e. The molecule has 0 saturated carbocycles. The SMILES string of the molecule is C#CC(=O)Nc1cc(Cl)ccc1Cl. The highest BCUT2D eigenvalue weighted by Gasteiger charge is 2.03. The molecule has 0 bridgehead atoms. The van der Waals surface area contributed by atoms with Crippen molar-refractivity contribution in [1.82, 2.24) is 0 Å². The number of rotatable bonds is 1. The summed E-state index contributed by atoms with van der Waals surface area (Å²) in [6.07, 6.45) is 4.87. The highest BCUT2D eigenvalue weighted by Crippen LogP contribution is 2.25. The highest BCUT2D eigenvalue weighted by molar-refractivity contribution is 6.35. The third-order valence-electron chi connectivity index (χ3n) is 1.31. The maximum absolute atomic E-state index is 10.8. The maximum atomic E-state index is 10.8. The van der Waals surface area contributed by atoms with Gasteiger partial charge in [-0.1, -0.05) is 23.2 Å². The average Bonchev–Trinajstić information content (AvgIpc) is 2.11. The summed E-state index contributed by atoms with van der Waals surface area (Å²) in [6, 6.07) is 4.73. The minimum atomic E-state index is -0.552. The quantitative estimate of drug-likeness (QED) is 0.715. The number of terminal acetylenes is 1. The molecular weight excluding hydrogens is 209 g/mol. The normalized spacial score (nSPS) is 9.00. The van der Waals surface area contributed by atoms with Gasteiger partial charge in [0.05, 0.1) is 10.7 Å². The first-order valence-corrected chi connectivity index (χ1v) is 4.11. The molecule has 1 amide bonds. The van der Waals surface area contributed by atoms with Gasteiger partial charge < -0.3 is 5.32 Å². The molecule has 1 N–H and O–H groups in total. The molecule has 0 aliphatic heterocycles. The molecule has 0 saturated heterocycles. The third kappa shape index (κ3) is 2.66. The number of halogens is 2. The zero-order valence-electron chi connectivity index (χ0n) is 6.47. The van der Waals surface area contributed by atoms with E-state index < -0.39 is 5.91 Å². The van der Waals surface area contributed by atoms with Gasteiger partial charge >= 0.3 is 0 Å². The molecule has 13 heavy (non-hydrogen) atoms. The van der Waals surface area contributed by atoms with E-state index in [1.807, 2.05) is 5.92 Å². The van der Waals surface area contributed by atoms with E-state index in [2.05, 4.69) is 5.32 Å². The molecule has 0 unspecified atom stereocenters. The Hall–Kier alpha value is -1.17. The van der Waals surface area contributed by atoms with Crippen LogP contribution in [0, 0.1) is 12.3 Å². The van der Waals surface area contributed by atoms with Gasteiger partial charge in [-0.25, -0.2) is 0 Å². The van der Waals surface area contributed by atoms with E-state index in [-0.39, 0.29) is 0 Å². The Bertz CT molecular complexity index is 382. The zero-order valence-corrected chi connectivity index (χ0v) is 7.99. The van der Waals surface area contributed by atoms with Gasteiger partial charge in [0.2, 0.25) is 0 Å². The second kappa shape index (κ2) is 4.18. The lowest BCUT2D eigenvalue weighted by molar-refractivity contribution is -0.111. The van der Waals surface area contributed by atoms with Crippen molar-refractivity contribution in [2.24, 2.45) is 0 Å². The molecule has 1 rings (SSSR count). The molecule has 0 aliphatic rings. The minimum absolute atomic E-state index is 0.396. The maximum Gasteiger partial charge on any atom is 0.300 e. The Balaban J connectivity index is 2.95. The van der Waals surface area contributed by atoms with Gasteiger partial charge in [-0.15, -0.1) is 6.42 Å². The predicted octanol–water partition coefficient (Wildman–Crippen LogP) is 2.57. The van der Waals surface area contributed by atoms with E-state index >= 15 is 0 Å².